The zero-order chi connectivity index (χ0) is 17.6. The van der Waals surface area contributed by atoms with Crippen LogP contribution in [0.2, 0.25) is 0 Å². The first kappa shape index (κ1) is 16.0. The first-order chi connectivity index (χ1) is 12.0. The Kier molecular flexibility index (Phi) is 3.68. The van der Waals surface area contributed by atoms with Gasteiger partial charge < -0.3 is 15.5 Å². The van der Waals surface area contributed by atoms with Gasteiger partial charge in [-0.2, -0.15) is 0 Å². The van der Waals surface area contributed by atoms with Crippen LogP contribution >= 0.6 is 22.6 Å². The largest absolute Gasteiger partial charge is 0.508 e. The second kappa shape index (κ2) is 5.77. The molecular weight excluding hydrogens is 429 g/mol. The molecule has 5 heteroatoms. The number of hydrogen-bond acceptors (Lipinski definition) is 3. The molecule has 4 nitrogen and oxygen atoms in total. The van der Waals surface area contributed by atoms with Crippen molar-refractivity contribution in [1.82, 2.24) is 0 Å². The monoisotopic (exact) mass is 443 g/mol. The number of phenolic OH excluding ortho intramolecular Hbond substituents is 2. The Morgan fingerprint density at radius 3 is 1.84 bits per heavy atom. The van der Waals surface area contributed by atoms with Crippen molar-refractivity contribution in [2.75, 3.05) is 5.32 Å². The average molecular weight is 443 g/mol. The third-order valence-corrected chi connectivity index (χ3v) is 5.25. The number of nitrogens with one attached hydrogen (secondary N) is 1. The molecule has 0 aliphatic carbocycles. The quantitative estimate of drug-likeness (QED) is 0.525. The summed E-state index contributed by atoms with van der Waals surface area (Å²) >= 11 is 2.23. The van der Waals surface area contributed by atoms with Crippen molar-refractivity contribution >= 4 is 34.2 Å². The minimum absolute atomic E-state index is 0.144. The maximum absolute atomic E-state index is 13.2. The van der Waals surface area contributed by atoms with Crippen molar-refractivity contribution in [2.45, 2.75) is 5.41 Å². The fourth-order valence-corrected chi connectivity index (χ4v) is 3.93. The number of hydrogen-bond donors (Lipinski definition) is 3. The predicted octanol–water partition coefficient (Wildman–Crippen LogP) is 3.99. The molecule has 0 saturated carbocycles. The van der Waals surface area contributed by atoms with Gasteiger partial charge in [-0.3, -0.25) is 4.79 Å². The summed E-state index contributed by atoms with van der Waals surface area (Å²) in [7, 11) is 0. The Morgan fingerprint density at radius 1 is 0.800 bits per heavy atom. The minimum Gasteiger partial charge on any atom is -0.508 e. The van der Waals surface area contributed by atoms with E-state index < -0.39 is 5.41 Å². The van der Waals surface area contributed by atoms with E-state index in [2.05, 4.69) is 27.9 Å². The number of aromatic hydroxyl groups is 2. The van der Waals surface area contributed by atoms with E-state index in [1.807, 2.05) is 18.2 Å². The Labute approximate surface area is 158 Å². The molecule has 1 amide bonds. The van der Waals surface area contributed by atoms with Crippen LogP contribution in [-0.4, -0.2) is 16.1 Å². The Balaban J connectivity index is 2.07. The van der Waals surface area contributed by atoms with Crippen LogP contribution in [0.25, 0.3) is 0 Å². The molecular formula is C20H14INO3. The fraction of sp³-hybridized carbons (Fsp3) is 0.0500. The molecule has 3 N–H and O–H groups in total. The highest BCUT2D eigenvalue weighted by Gasteiger charge is 2.49. The smallest absolute Gasteiger partial charge is 0.244 e. The molecule has 0 unspecified atom stereocenters. The predicted molar refractivity (Wildman–Crippen MR) is 104 cm³/mol. The van der Waals surface area contributed by atoms with Gasteiger partial charge in [0.2, 0.25) is 5.91 Å². The van der Waals surface area contributed by atoms with Gasteiger partial charge in [-0.15, -0.1) is 0 Å². The summed E-state index contributed by atoms with van der Waals surface area (Å²) in [6.07, 6.45) is 0. The van der Waals surface area contributed by atoms with E-state index in [0.29, 0.717) is 0 Å². The van der Waals surface area contributed by atoms with Crippen LogP contribution in [0.1, 0.15) is 16.7 Å². The minimum atomic E-state index is -1.03. The number of phenols is 2. The van der Waals surface area contributed by atoms with E-state index in [9.17, 15) is 15.0 Å². The van der Waals surface area contributed by atoms with Crippen LogP contribution in [-0.2, 0) is 10.2 Å². The summed E-state index contributed by atoms with van der Waals surface area (Å²) in [5.74, 6) is 0.137. The molecule has 0 atom stereocenters. The summed E-state index contributed by atoms with van der Waals surface area (Å²) in [4.78, 5) is 13.2. The molecule has 3 aromatic carbocycles. The van der Waals surface area contributed by atoms with Crippen molar-refractivity contribution in [3.8, 4) is 11.5 Å². The summed E-state index contributed by atoms with van der Waals surface area (Å²) in [5.41, 5.74) is 2.12. The molecule has 0 aromatic heterocycles. The Hall–Kier alpha value is -2.54. The molecule has 25 heavy (non-hydrogen) atoms. The SMILES string of the molecule is O=C1Nc2ccc(I)cc2C1(c1ccc(O)cc1)c1ccc(O)cc1. The van der Waals surface area contributed by atoms with Crippen LogP contribution < -0.4 is 5.32 Å². The third-order valence-electron chi connectivity index (χ3n) is 4.58. The number of anilines is 1. The van der Waals surface area contributed by atoms with Crippen molar-refractivity contribution in [2.24, 2.45) is 0 Å². The summed E-state index contributed by atoms with van der Waals surface area (Å²) < 4.78 is 1.02. The van der Waals surface area contributed by atoms with Gasteiger partial charge in [-0.1, -0.05) is 24.3 Å². The van der Waals surface area contributed by atoms with Gasteiger partial charge >= 0.3 is 0 Å². The number of rotatable bonds is 2. The lowest BCUT2D eigenvalue weighted by molar-refractivity contribution is -0.118. The lowest BCUT2D eigenvalue weighted by Gasteiger charge is -2.29. The van der Waals surface area contributed by atoms with Crippen LogP contribution in [0, 0.1) is 3.57 Å². The molecule has 0 saturated heterocycles. The number of benzene rings is 3. The van der Waals surface area contributed by atoms with Gasteiger partial charge in [0.1, 0.15) is 16.9 Å². The van der Waals surface area contributed by atoms with Crippen molar-refractivity contribution in [3.05, 3.63) is 87.0 Å². The van der Waals surface area contributed by atoms with Crippen molar-refractivity contribution in [3.63, 3.8) is 0 Å². The topological polar surface area (TPSA) is 69.6 Å². The molecule has 1 aliphatic heterocycles. The van der Waals surface area contributed by atoms with Crippen LogP contribution in [0.4, 0.5) is 5.69 Å². The maximum Gasteiger partial charge on any atom is 0.244 e. The fourth-order valence-electron chi connectivity index (χ4n) is 3.44. The van der Waals surface area contributed by atoms with E-state index in [1.165, 1.54) is 0 Å². The van der Waals surface area contributed by atoms with Crippen molar-refractivity contribution < 1.29 is 15.0 Å². The van der Waals surface area contributed by atoms with Gasteiger partial charge in [0.15, 0.2) is 0 Å². The van der Waals surface area contributed by atoms with Gasteiger partial charge in [0.05, 0.1) is 0 Å². The normalized spacial score (nSPS) is 14.8. The number of amides is 1. The molecule has 1 aliphatic rings. The van der Waals surface area contributed by atoms with E-state index in [1.54, 1.807) is 48.5 Å². The maximum atomic E-state index is 13.2. The van der Waals surface area contributed by atoms with Gasteiger partial charge in [0.25, 0.3) is 0 Å². The first-order valence-electron chi connectivity index (χ1n) is 7.72. The Bertz CT molecular complexity index is 920. The van der Waals surface area contributed by atoms with E-state index in [4.69, 9.17) is 0 Å². The summed E-state index contributed by atoms with van der Waals surface area (Å²) in [6.45, 7) is 0. The summed E-state index contributed by atoms with van der Waals surface area (Å²) in [6, 6.07) is 19.2. The zero-order valence-electron chi connectivity index (χ0n) is 13.0. The van der Waals surface area contributed by atoms with E-state index in [-0.39, 0.29) is 17.4 Å². The van der Waals surface area contributed by atoms with Crippen LogP contribution in [0.5, 0.6) is 11.5 Å². The van der Waals surface area contributed by atoms with Gasteiger partial charge in [-0.25, -0.2) is 0 Å². The highest BCUT2D eigenvalue weighted by atomic mass is 127. The highest BCUT2D eigenvalue weighted by molar-refractivity contribution is 14.1. The number of halogens is 1. The lowest BCUT2D eigenvalue weighted by atomic mass is 9.70. The summed E-state index contributed by atoms with van der Waals surface area (Å²) in [5, 5.41) is 22.3. The Morgan fingerprint density at radius 2 is 1.32 bits per heavy atom. The van der Waals surface area contributed by atoms with Gasteiger partial charge in [-0.05, 0) is 76.2 Å². The third kappa shape index (κ3) is 2.38. The molecule has 3 aromatic rings. The molecule has 124 valence electrons. The second-order valence-corrected chi connectivity index (χ2v) is 7.23. The van der Waals surface area contributed by atoms with Crippen molar-refractivity contribution in [1.29, 1.82) is 0 Å². The van der Waals surface area contributed by atoms with E-state index >= 15 is 0 Å². The highest BCUT2D eigenvalue weighted by Crippen LogP contribution is 2.48. The molecule has 4 rings (SSSR count). The lowest BCUT2D eigenvalue weighted by Crippen LogP contribution is -2.37. The molecule has 0 radical (unpaired) electrons. The molecule has 0 bridgehead atoms. The molecule has 0 fully saturated rings. The van der Waals surface area contributed by atoms with Crippen LogP contribution in [0.3, 0.4) is 0 Å². The zero-order valence-corrected chi connectivity index (χ0v) is 15.2. The molecule has 1 heterocycles. The number of fused-ring (bicyclic) bond motifs is 1. The van der Waals surface area contributed by atoms with Crippen LogP contribution in [0.15, 0.2) is 66.7 Å². The van der Waals surface area contributed by atoms with Gasteiger partial charge in [0, 0.05) is 14.8 Å². The van der Waals surface area contributed by atoms with E-state index in [0.717, 1.165) is 25.9 Å². The average Bonchev–Trinajstić information content (AvgIpc) is 2.89. The molecule has 0 spiro atoms. The standard InChI is InChI=1S/C20H14INO3/c21-14-5-10-18-17(11-14)20(19(25)22-18,12-1-6-15(23)7-2-12)13-3-8-16(24)9-4-13/h1-11,23-24H,(H,22,25). The first-order valence-corrected chi connectivity index (χ1v) is 8.80. The number of carbonyl (C=O) groups is 1. The number of carbonyl (C=O) groups excluding carboxylic acids is 1. The second-order valence-electron chi connectivity index (χ2n) is 5.99.